The molecule has 4 aliphatic rings. The number of hydrogen-bond donors (Lipinski definition) is 1. The van der Waals surface area contributed by atoms with Crippen molar-refractivity contribution in [3.05, 3.63) is 24.6 Å². The van der Waals surface area contributed by atoms with E-state index >= 15 is 0 Å². The van der Waals surface area contributed by atoms with E-state index in [1.165, 1.54) is 34.4 Å². The van der Waals surface area contributed by atoms with Crippen LogP contribution in [0.5, 0.6) is 0 Å². The Labute approximate surface area is 258 Å². The molecule has 0 spiro atoms. The molecule has 4 aliphatic heterocycles. The monoisotopic (exact) mass is 572 g/mol. The number of carbonyl (C=O) groups excluding carboxylic acids is 4. The first kappa shape index (κ1) is 13.9. The number of rotatable bonds is 6. The van der Waals surface area contributed by atoms with E-state index in [0.717, 1.165) is 6.42 Å². The second-order valence-electron chi connectivity index (χ2n) is 9.36. The van der Waals surface area contributed by atoms with E-state index in [1.807, 2.05) is 13.8 Å². The number of ketones is 2. The summed E-state index contributed by atoms with van der Waals surface area (Å²) in [5, 5.41) is 9.22. The van der Waals surface area contributed by atoms with Crippen molar-refractivity contribution in [2.75, 3.05) is 20.8 Å². The fraction of sp³-hybridized carbons (Fsp3) is 0.680. The number of aliphatic hydroxyl groups is 1. The van der Waals surface area contributed by atoms with Crippen LogP contribution in [0.1, 0.15) is 86.0 Å². The lowest BCUT2D eigenvalue weighted by Gasteiger charge is -2.30. The molecular formula is C25H68N2O9. The van der Waals surface area contributed by atoms with Crippen molar-refractivity contribution < 1.29 is 89.2 Å². The number of nitrogens with zero attached hydrogens (tertiary/aromatic N) is 2. The van der Waals surface area contributed by atoms with E-state index < -0.39 is 12.5 Å². The number of allylic oxidation sites excluding steroid dienone is 2. The summed E-state index contributed by atoms with van der Waals surface area (Å²) in [5.74, 6) is -0.704. The minimum Gasteiger partial charge on any atom is -0.394 e. The van der Waals surface area contributed by atoms with Crippen molar-refractivity contribution >= 4 is 23.4 Å². The molecule has 2 amide bonds. The average Bonchev–Trinajstić information content (AvgIpc) is 3.94. The molecule has 232 valence electrons. The van der Waals surface area contributed by atoms with Gasteiger partial charge in [-0.15, -0.1) is 0 Å². The highest BCUT2D eigenvalue weighted by molar-refractivity contribution is 6.07. The second-order valence-corrected chi connectivity index (χ2v) is 9.36. The number of carbonyl (C=O) groups is 4. The van der Waals surface area contributed by atoms with Crippen LogP contribution in [-0.2, 0) is 38.1 Å². The highest BCUT2D eigenvalue weighted by Gasteiger charge is 2.47. The standard InChI is InChI=1S/C13H19NO4.C12H17NO5.16H2/c1-4-10-8(2)12(17-3)13(18-10)14-6-5-9(15)7-11(14)16;1-7-9(6-14)18-12(11(7)17-2)13-4-3-8(15)5-10(13)16;;;;;;;;;;;;;;;;/h5-6,8,10,12-13H,4,7H2,1-3H3;3-4,7,9,11-12,14H,5-6H2,1-2H3;16*1H/t8-,10-,12-,13-;7-,9-,11-,12-;;;;;;;;;;;;;;;;/m11................/s1/i;;15*1+1D;1+1. The van der Waals surface area contributed by atoms with Gasteiger partial charge in [0.1, 0.15) is 12.2 Å². The fourth-order valence-electron chi connectivity index (χ4n) is 5.04. The van der Waals surface area contributed by atoms with Gasteiger partial charge in [-0.25, -0.2) is 0 Å². The summed E-state index contributed by atoms with van der Waals surface area (Å²) in [6, 6.07) is 0. The molecule has 36 heavy (non-hydrogen) atoms. The van der Waals surface area contributed by atoms with E-state index in [-0.39, 0.29) is 80.5 Å². The molecule has 4 rings (SSSR count). The van der Waals surface area contributed by atoms with Crippen molar-refractivity contribution in [1.29, 1.82) is 0 Å². The maximum Gasteiger partial charge on any atom is 0.236 e. The molecule has 8 atom stereocenters. The highest BCUT2D eigenvalue weighted by Crippen LogP contribution is 2.34. The molecule has 4 heterocycles. The topological polar surface area (TPSA) is 132 Å². The van der Waals surface area contributed by atoms with E-state index in [0.29, 0.717) is 0 Å². The minimum atomic E-state index is -0.584. The largest absolute Gasteiger partial charge is 0.394 e. The molecule has 0 bridgehead atoms. The van der Waals surface area contributed by atoms with Crippen LogP contribution in [0, 0.1) is 11.8 Å². The van der Waals surface area contributed by atoms with Crippen LogP contribution in [0.15, 0.2) is 24.6 Å². The van der Waals surface area contributed by atoms with Gasteiger partial charge in [0.05, 0.1) is 31.7 Å². The zero-order chi connectivity index (χ0) is 56.6. The fourth-order valence-corrected chi connectivity index (χ4v) is 5.04. The van der Waals surface area contributed by atoms with Crippen LogP contribution in [-0.4, -0.2) is 96.0 Å². The molecule has 0 aliphatic carbocycles. The van der Waals surface area contributed by atoms with E-state index in [4.69, 9.17) is 63.5 Å². The summed E-state index contributed by atoms with van der Waals surface area (Å²) < 4.78 is 172. The number of aliphatic hydroxyl groups excluding tert-OH is 1. The molecule has 0 aromatic rings. The zero-order valence-corrected chi connectivity index (χ0v) is 21.4. The predicted molar refractivity (Wildman–Crippen MR) is 160 cm³/mol. The van der Waals surface area contributed by atoms with Gasteiger partial charge in [0.15, 0.2) is 24.0 Å². The lowest BCUT2D eigenvalue weighted by atomic mass is 9.98. The Balaban J connectivity index is -0.0000000444. The van der Waals surface area contributed by atoms with Crippen molar-refractivity contribution in [2.45, 2.75) is 76.9 Å². The van der Waals surface area contributed by atoms with Crippen molar-refractivity contribution in [2.24, 2.45) is 11.8 Å². The number of hydrogen-bond acceptors (Lipinski definition) is 9. The summed E-state index contributed by atoms with van der Waals surface area (Å²) in [5.41, 5.74) is 0. The van der Waals surface area contributed by atoms with E-state index in [1.54, 1.807) is 14.2 Å². The van der Waals surface area contributed by atoms with Crippen LogP contribution in [0.2, 0.25) is 0 Å². The zero-order valence-electron chi connectivity index (χ0n) is 51.4. The smallest absolute Gasteiger partial charge is 0.236 e. The molecule has 0 unspecified atom stereocenters. The molecule has 11 heteroatoms. The normalized spacial score (nSPS) is 39.8. The number of amides is 2. The van der Waals surface area contributed by atoms with Crippen LogP contribution < -0.4 is 0 Å². The molecule has 2 fully saturated rings. The molecule has 0 radical (unpaired) electrons. The summed E-state index contributed by atoms with van der Waals surface area (Å²) in [4.78, 5) is 48.8. The Morgan fingerprint density at radius 1 is 0.889 bits per heavy atom. The third-order valence-electron chi connectivity index (χ3n) is 7.14. The van der Waals surface area contributed by atoms with Crippen LogP contribution in [0.4, 0.5) is 0 Å². The summed E-state index contributed by atoms with van der Waals surface area (Å²) in [7, 11) is 3.17. The van der Waals surface area contributed by atoms with Crippen LogP contribution >= 0.6 is 0 Å². The lowest BCUT2D eigenvalue weighted by molar-refractivity contribution is -0.150. The summed E-state index contributed by atoms with van der Waals surface area (Å²) in [6.07, 6.45) is 4.59. The molecule has 11 nitrogen and oxygen atoms in total. The summed E-state index contributed by atoms with van der Waals surface area (Å²) >= 11 is 0. The molecule has 0 saturated carbocycles. The van der Waals surface area contributed by atoms with Crippen LogP contribution in [0.25, 0.3) is 0 Å². The van der Waals surface area contributed by atoms with Crippen molar-refractivity contribution in [1.82, 2.24) is 9.80 Å². The molecular weight excluding hydrogens is 472 g/mol. The highest BCUT2D eigenvalue weighted by atomic mass is 16.6. The first-order chi connectivity index (χ1) is 32.2. The maximum atomic E-state index is 11.9. The van der Waals surface area contributed by atoms with Gasteiger partial charge in [0, 0.05) is 84.4 Å². The third-order valence-corrected chi connectivity index (χ3v) is 7.14. The Kier molecular flexibility index (Phi) is 4.72. The SMILES string of the molecule is CC[C@H]1O[C@@H](N2C=CC(=O)CC2=O)[C@H](OC)[C@@H]1C.CO[C@@H]1[C@H](C)[C@@H](CO)O[C@H]1N1C=CC(=O)CC1=O.[2HH].[2H][2H].[2H][2H].[2H][2H].[2H][2H].[2H][2H].[2H][2H].[2H][2H].[2H][2H].[2H][2H].[2H][2H].[2H][2H].[2H][2H].[2H][2H].[2H][2H].[2H][2H]. The van der Waals surface area contributed by atoms with Crippen LogP contribution in [0.3, 0.4) is 0 Å². The Morgan fingerprint density at radius 2 is 1.31 bits per heavy atom. The number of ether oxygens (including phenoxy) is 4. The van der Waals surface area contributed by atoms with Gasteiger partial charge in [-0.3, -0.25) is 29.0 Å². The maximum absolute atomic E-state index is 11.9. The third kappa shape index (κ3) is 5.76. The average molecular weight is 572 g/mol. The Bertz CT molecular complexity index is 899. The minimum absolute atomic E-state index is 0. The molecule has 0 aromatic carbocycles. The van der Waals surface area contributed by atoms with E-state index in [2.05, 4.69) is 6.92 Å². The van der Waals surface area contributed by atoms with Crippen molar-refractivity contribution in [3.8, 4) is 0 Å². The van der Waals surface area contributed by atoms with E-state index in [9.17, 15) is 24.3 Å². The van der Waals surface area contributed by atoms with Gasteiger partial charge in [0.25, 0.3) is 0 Å². The molecule has 0 aromatic heterocycles. The van der Waals surface area contributed by atoms with Gasteiger partial charge in [-0.2, -0.15) is 0 Å². The molecule has 2 saturated heterocycles. The predicted octanol–water partition coefficient (Wildman–Crippen LogP) is 4.69. The van der Waals surface area contributed by atoms with Crippen molar-refractivity contribution in [3.63, 3.8) is 0 Å². The first-order valence-electron chi connectivity index (χ1n) is 27.2. The summed E-state index contributed by atoms with van der Waals surface area (Å²) in [6.45, 7) is 5.89. The quantitative estimate of drug-likeness (QED) is 0.451. The molecule has 1 N–H and O–H groups in total. The van der Waals surface area contributed by atoms with Gasteiger partial charge < -0.3 is 24.1 Å². The van der Waals surface area contributed by atoms with Gasteiger partial charge in [0.2, 0.25) is 11.8 Å². The Hall–Kier alpha value is -2.44. The van der Waals surface area contributed by atoms with Gasteiger partial charge in [-0.05, 0) is 18.6 Å². The first-order valence-corrected chi connectivity index (χ1v) is 12.2. The lowest BCUT2D eigenvalue weighted by Crippen LogP contribution is -2.45. The van der Waals surface area contributed by atoms with Gasteiger partial charge >= 0.3 is 0 Å². The Morgan fingerprint density at radius 3 is 1.67 bits per heavy atom. The van der Waals surface area contributed by atoms with Gasteiger partial charge in [-0.1, -0.05) is 20.8 Å². The second kappa shape index (κ2) is 12.2. The number of methoxy groups -OCH3 is 2.